The lowest BCUT2D eigenvalue weighted by molar-refractivity contribution is 0.0770. The highest BCUT2D eigenvalue weighted by Crippen LogP contribution is 2.38. The van der Waals surface area contributed by atoms with Crippen LogP contribution in [-0.4, -0.2) is 94.3 Å². The van der Waals surface area contributed by atoms with Gasteiger partial charge in [0.1, 0.15) is 0 Å². The van der Waals surface area contributed by atoms with Gasteiger partial charge in [-0.2, -0.15) is 4.98 Å². The minimum atomic E-state index is -0.551. The Bertz CT molecular complexity index is 824. The van der Waals surface area contributed by atoms with Crippen molar-refractivity contribution in [3.05, 3.63) is 12.0 Å². The average molecular weight is 437 g/mol. The molecule has 3 aliphatic heterocycles. The van der Waals surface area contributed by atoms with E-state index < -0.39 is 11.4 Å². The van der Waals surface area contributed by atoms with Crippen molar-refractivity contribution in [2.45, 2.75) is 51.5 Å². The molecular formula is C20H33FN8O2. The summed E-state index contributed by atoms with van der Waals surface area (Å²) >= 11 is 0. The summed E-state index contributed by atoms with van der Waals surface area (Å²) in [4.78, 5) is 27.6. The molecule has 3 saturated heterocycles. The zero-order valence-electron chi connectivity index (χ0n) is 18.9. The summed E-state index contributed by atoms with van der Waals surface area (Å²) in [5.74, 6) is -0.437. The largest absolute Gasteiger partial charge is 0.464 e. The molecule has 0 aliphatic carbocycles. The van der Waals surface area contributed by atoms with Gasteiger partial charge < -0.3 is 24.8 Å². The number of fused-ring (bicyclic) bond motifs is 1. The predicted molar refractivity (Wildman–Crippen MR) is 114 cm³/mol. The summed E-state index contributed by atoms with van der Waals surface area (Å²) in [6, 6.07) is 0.529. The number of likely N-dealkylation sites (N-methyl/N-ethyl adjacent to an activating group) is 1. The van der Waals surface area contributed by atoms with Crippen LogP contribution in [0.5, 0.6) is 6.01 Å². The minimum absolute atomic E-state index is 0.00935. The number of carbonyl (C=O) groups excluding carboxylic acids is 1. The van der Waals surface area contributed by atoms with Crippen molar-refractivity contribution in [3.8, 4) is 6.01 Å². The number of likely N-dealkylation sites (tertiary alicyclic amines) is 1. The molecule has 3 N–H and O–H groups in total. The van der Waals surface area contributed by atoms with Crippen LogP contribution in [0.3, 0.4) is 0 Å². The summed E-state index contributed by atoms with van der Waals surface area (Å²) in [6.45, 7) is 11.4. The van der Waals surface area contributed by atoms with Crippen molar-refractivity contribution in [1.29, 1.82) is 0 Å². The van der Waals surface area contributed by atoms with Crippen molar-refractivity contribution in [1.82, 2.24) is 35.5 Å². The van der Waals surface area contributed by atoms with Gasteiger partial charge in [-0.25, -0.2) is 19.6 Å². The number of piperazine rings is 1. The third-order valence-corrected chi connectivity index (χ3v) is 6.85. The van der Waals surface area contributed by atoms with Crippen molar-refractivity contribution >= 4 is 11.8 Å². The SMILES string of the molecule is CCOc1ncc(F)c(NC2NNC3C2CN(C(=O)N2CCN(C)[C@@H](C)C2)C3(C)C)n1. The molecule has 3 fully saturated rings. The molecule has 172 valence electrons. The van der Waals surface area contributed by atoms with Gasteiger partial charge >= 0.3 is 12.0 Å². The molecule has 4 rings (SSSR count). The highest BCUT2D eigenvalue weighted by atomic mass is 19.1. The maximum absolute atomic E-state index is 14.3. The third kappa shape index (κ3) is 4.01. The minimum Gasteiger partial charge on any atom is -0.464 e. The number of rotatable bonds is 4. The fraction of sp³-hybridized carbons (Fsp3) is 0.750. The van der Waals surface area contributed by atoms with E-state index in [0.717, 1.165) is 25.8 Å². The summed E-state index contributed by atoms with van der Waals surface area (Å²) in [6.07, 6.45) is 0.802. The molecule has 0 spiro atoms. The zero-order chi connectivity index (χ0) is 22.3. The lowest BCUT2D eigenvalue weighted by Gasteiger charge is -2.43. The summed E-state index contributed by atoms with van der Waals surface area (Å²) in [5, 5.41) is 3.13. The van der Waals surface area contributed by atoms with E-state index >= 15 is 0 Å². The molecule has 3 unspecified atom stereocenters. The van der Waals surface area contributed by atoms with Gasteiger partial charge in [-0.3, -0.25) is 5.43 Å². The Morgan fingerprint density at radius 2 is 2.13 bits per heavy atom. The van der Waals surface area contributed by atoms with Crippen molar-refractivity contribution < 1.29 is 13.9 Å². The van der Waals surface area contributed by atoms with Crippen LogP contribution in [0.25, 0.3) is 0 Å². The number of aromatic nitrogens is 2. The Hall–Kier alpha value is -2.24. The van der Waals surface area contributed by atoms with E-state index in [1.807, 2.05) is 16.7 Å². The van der Waals surface area contributed by atoms with Crippen LogP contribution in [0.15, 0.2) is 6.20 Å². The maximum atomic E-state index is 14.3. The van der Waals surface area contributed by atoms with Crippen LogP contribution in [0.2, 0.25) is 0 Å². The Kier molecular flexibility index (Phi) is 5.93. The molecule has 0 radical (unpaired) electrons. The summed E-state index contributed by atoms with van der Waals surface area (Å²) in [5.41, 5.74) is 6.11. The van der Waals surface area contributed by atoms with Gasteiger partial charge in [-0.05, 0) is 34.7 Å². The van der Waals surface area contributed by atoms with Gasteiger partial charge in [-0.1, -0.05) is 0 Å². The number of urea groups is 1. The lowest BCUT2D eigenvalue weighted by Crippen LogP contribution is -2.60. The molecule has 11 heteroatoms. The molecule has 4 heterocycles. The second kappa shape index (κ2) is 8.36. The molecule has 3 aliphatic rings. The number of halogens is 1. The number of hydrogen-bond donors (Lipinski definition) is 3. The Morgan fingerprint density at radius 3 is 2.84 bits per heavy atom. The van der Waals surface area contributed by atoms with E-state index in [-0.39, 0.29) is 36.0 Å². The van der Waals surface area contributed by atoms with Gasteiger partial charge in [0.2, 0.25) is 0 Å². The predicted octanol–water partition coefficient (Wildman–Crippen LogP) is 0.695. The molecule has 4 atom stereocenters. The first kappa shape index (κ1) is 22.0. The van der Waals surface area contributed by atoms with E-state index in [1.165, 1.54) is 0 Å². The molecule has 1 aromatic rings. The van der Waals surface area contributed by atoms with E-state index in [0.29, 0.717) is 19.2 Å². The second-order valence-electron chi connectivity index (χ2n) is 9.16. The fourth-order valence-corrected chi connectivity index (χ4v) is 4.77. The van der Waals surface area contributed by atoms with Gasteiger partial charge in [0, 0.05) is 38.1 Å². The molecular weight excluding hydrogens is 403 g/mol. The third-order valence-electron chi connectivity index (χ3n) is 6.85. The number of nitrogens with one attached hydrogen (secondary N) is 3. The first-order valence-electron chi connectivity index (χ1n) is 10.9. The van der Waals surface area contributed by atoms with Gasteiger partial charge in [0.15, 0.2) is 11.6 Å². The van der Waals surface area contributed by atoms with Crippen LogP contribution in [0.4, 0.5) is 15.0 Å². The highest BCUT2D eigenvalue weighted by Gasteiger charge is 2.56. The molecule has 0 bridgehead atoms. The van der Waals surface area contributed by atoms with E-state index in [9.17, 15) is 9.18 Å². The van der Waals surface area contributed by atoms with Crippen molar-refractivity contribution in [3.63, 3.8) is 0 Å². The van der Waals surface area contributed by atoms with E-state index in [1.54, 1.807) is 0 Å². The first-order chi connectivity index (χ1) is 14.7. The molecule has 0 aromatic carbocycles. The van der Waals surface area contributed by atoms with Gasteiger partial charge in [0.25, 0.3) is 0 Å². The Morgan fingerprint density at radius 1 is 1.35 bits per heavy atom. The summed E-state index contributed by atoms with van der Waals surface area (Å²) in [7, 11) is 2.09. The highest BCUT2D eigenvalue weighted by molar-refractivity contribution is 5.76. The quantitative estimate of drug-likeness (QED) is 0.635. The Labute approximate surface area is 182 Å². The molecule has 1 aromatic heterocycles. The van der Waals surface area contributed by atoms with Gasteiger partial charge in [0.05, 0.1) is 30.6 Å². The number of nitrogens with zero attached hydrogens (tertiary/aromatic N) is 5. The number of ether oxygens (including phenoxy) is 1. The van der Waals surface area contributed by atoms with Gasteiger partial charge in [-0.15, -0.1) is 0 Å². The normalized spacial score (nSPS) is 30.4. The molecule has 10 nitrogen and oxygen atoms in total. The van der Waals surface area contributed by atoms with Crippen molar-refractivity contribution in [2.75, 3.05) is 45.2 Å². The fourth-order valence-electron chi connectivity index (χ4n) is 4.77. The number of anilines is 1. The second-order valence-corrected chi connectivity index (χ2v) is 9.16. The Balaban J connectivity index is 1.48. The van der Waals surface area contributed by atoms with Crippen LogP contribution in [-0.2, 0) is 0 Å². The first-order valence-corrected chi connectivity index (χ1v) is 10.9. The smallest absolute Gasteiger partial charge is 0.320 e. The van der Waals surface area contributed by atoms with E-state index in [4.69, 9.17) is 4.74 Å². The average Bonchev–Trinajstić information content (AvgIpc) is 3.24. The number of carbonyl (C=O) groups is 1. The lowest BCUT2D eigenvalue weighted by atomic mass is 9.90. The molecule has 2 amide bonds. The number of amides is 2. The molecule has 0 saturated carbocycles. The van der Waals surface area contributed by atoms with Crippen LogP contribution < -0.4 is 20.9 Å². The monoisotopic (exact) mass is 436 g/mol. The maximum Gasteiger partial charge on any atom is 0.320 e. The number of hydrazine groups is 1. The zero-order valence-corrected chi connectivity index (χ0v) is 18.9. The van der Waals surface area contributed by atoms with E-state index in [2.05, 4.69) is 58.9 Å². The molecule has 31 heavy (non-hydrogen) atoms. The van der Waals surface area contributed by atoms with Crippen LogP contribution in [0.1, 0.15) is 27.7 Å². The summed E-state index contributed by atoms with van der Waals surface area (Å²) < 4.78 is 19.6. The van der Waals surface area contributed by atoms with Crippen molar-refractivity contribution in [2.24, 2.45) is 5.92 Å². The van der Waals surface area contributed by atoms with Crippen LogP contribution in [0, 0.1) is 11.7 Å². The standard InChI is InChI=1S/C20H33FN8O2/c1-6-31-18-22-9-14(21)17(24-18)23-16-13-11-29(20(3,4)15(13)25-26-16)19(30)28-8-7-27(5)12(2)10-28/h9,12-13,15-16,25-26H,6-8,10-11H2,1-5H3,(H,22,23,24)/t12-,13?,15?,16?/m0/s1. The number of hydrogen-bond acceptors (Lipinski definition) is 8. The van der Waals surface area contributed by atoms with Crippen LogP contribution >= 0.6 is 0 Å². The topological polar surface area (TPSA) is 97.9 Å².